The Labute approximate surface area is 96.4 Å². The number of benzene rings is 1. The second kappa shape index (κ2) is 2.97. The summed E-state index contributed by atoms with van der Waals surface area (Å²) in [5.74, 6) is 0. The van der Waals surface area contributed by atoms with Crippen molar-refractivity contribution in [3.63, 3.8) is 0 Å². The number of hydrogen-bond acceptors (Lipinski definition) is 4. The normalized spacial score (nSPS) is 18.9. The summed E-state index contributed by atoms with van der Waals surface area (Å²) in [4.78, 5) is 4.74. The highest BCUT2D eigenvalue weighted by molar-refractivity contribution is 7.99. The highest BCUT2D eigenvalue weighted by Gasteiger charge is 2.23. The van der Waals surface area contributed by atoms with Crippen LogP contribution >= 0.6 is 23.3 Å². The SMILES string of the molecule is c1cc2sc(SN3CC3)nc2c2c1CC2. The molecule has 0 radical (unpaired) electrons. The van der Waals surface area contributed by atoms with Gasteiger partial charge in [0.2, 0.25) is 0 Å². The van der Waals surface area contributed by atoms with Crippen LogP contribution in [0.25, 0.3) is 10.2 Å². The molecule has 76 valence electrons. The fourth-order valence-corrected chi connectivity index (χ4v) is 4.03. The highest BCUT2D eigenvalue weighted by Crippen LogP contribution is 2.38. The summed E-state index contributed by atoms with van der Waals surface area (Å²) in [6.45, 7) is 2.44. The summed E-state index contributed by atoms with van der Waals surface area (Å²) in [6, 6.07) is 4.50. The molecule has 0 unspecified atom stereocenters. The average molecular weight is 234 g/mol. The zero-order valence-electron chi connectivity index (χ0n) is 8.19. The van der Waals surface area contributed by atoms with E-state index in [1.807, 2.05) is 23.3 Å². The molecular weight excluding hydrogens is 224 g/mol. The van der Waals surface area contributed by atoms with Crippen LogP contribution in [-0.2, 0) is 12.8 Å². The first-order chi connectivity index (χ1) is 7.40. The number of rotatable bonds is 2. The third-order valence-corrected chi connectivity index (χ3v) is 5.16. The van der Waals surface area contributed by atoms with Gasteiger partial charge in [-0.1, -0.05) is 6.07 Å². The molecule has 0 N–H and O–H groups in total. The van der Waals surface area contributed by atoms with Crippen molar-refractivity contribution in [1.82, 2.24) is 9.29 Å². The third-order valence-electron chi connectivity index (χ3n) is 3.00. The minimum Gasteiger partial charge on any atom is -0.242 e. The van der Waals surface area contributed by atoms with Gasteiger partial charge in [-0.25, -0.2) is 9.29 Å². The molecule has 1 aromatic heterocycles. The van der Waals surface area contributed by atoms with E-state index in [0.717, 1.165) is 0 Å². The van der Waals surface area contributed by atoms with Crippen molar-refractivity contribution < 1.29 is 0 Å². The summed E-state index contributed by atoms with van der Waals surface area (Å²) in [7, 11) is 0. The molecule has 1 aromatic carbocycles. The predicted molar refractivity (Wildman–Crippen MR) is 64.5 cm³/mol. The van der Waals surface area contributed by atoms with Crippen LogP contribution in [0.15, 0.2) is 16.5 Å². The van der Waals surface area contributed by atoms with E-state index in [1.165, 1.54) is 51.6 Å². The maximum absolute atomic E-state index is 4.74. The van der Waals surface area contributed by atoms with Crippen LogP contribution in [0.2, 0.25) is 0 Å². The van der Waals surface area contributed by atoms with Gasteiger partial charge in [0.05, 0.1) is 10.2 Å². The van der Waals surface area contributed by atoms with Gasteiger partial charge in [0, 0.05) is 13.1 Å². The molecule has 2 heterocycles. The number of aryl methyl sites for hydroxylation is 2. The van der Waals surface area contributed by atoms with Gasteiger partial charge in [0.25, 0.3) is 0 Å². The monoisotopic (exact) mass is 234 g/mol. The standard InChI is InChI=1S/C11H10N2S2/c1-3-8-7(1)2-4-9-10(8)12-11(14-9)15-13-5-6-13/h2,4H,1,3,5-6H2. The Balaban J connectivity index is 1.84. The molecule has 15 heavy (non-hydrogen) atoms. The van der Waals surface area contributed by atoms with Crippen molar-refractivity contribution in [3.8, 4) is 0 Å². The van der Waals surface area contributed by atoms with Crippen LogP contribution in [0.3, 0.4) is 0 Å². The smallest absolute Gasteiger partial charge is 0.166 e. The van der Waals surface area contributed by atoms with Crippen LogP contribution in [0.4, 0.5) is 0 Å². The summed E-state index contributed by atoms with van der Waals surface area (Å²) < 4.78 is 4.91. The number of aromatic nitrogens is 1. The van der Waals surface area contributed by atoms with E-state index < -0.39 is 0 Å². The number of fused-ring (bicyclic) bond motifs is 3. The van der Waals surface area contributed by atoms with Crippen molar-refractivity contribution in [1.29, 1.82) is 0 Å². The molecule has 1 saturated heterocycles. The Hall–Kier alpha value is -0.580. The largest absolute Gasteiger partial charge is 0.242 e. The Kier molecular flexibility index (Phi) is 1.69. The van der Waals surface area contributed by atoms with Gasteiger partial charge >= 0.3 is 0 Å². The van der Waals surface area contributed by atoms with E-state index in [0.29, 0.717) is 0 Å². The minimum atomic E-state index is 1.21. The number of thiazole rings is 1. The van der Waals surface area contributed by atoms with Crippen LogP contribution < -0.4 is 0 Å². The van der Waals surface area contributed by atoms with Crippen LogP contribution in [0, 0.1) is 0 Å². The molecule has 0 amide bonds. The topological polar surface area (TPSA) is 15.9 Å². The molecule has 0 saturated carbocycles. The van der Waals surface area contributed by atoms with E-state index in [9.17, 15) is 0 Å². The van der Waals surface area contributed by atoms with E-state index in [4.69, 9.17) is 4.98 Å². The number of nitrogens with zero attached hydrogens (tertiary/aromatic N) is 2. The van der Waals surface area contributed by atoms with Gasteiger partial charge < -0.3 is 0 Å². The Morgan fingerprint density at radius 2 is 2.20 bits per heavy atom. The average Bonchev–Trinajstić information content (AvgIpc) is 2.87. The molecule has 0 spiro atoms. The Morgan fingerprint density at radius 3 is 2.93 bits per heavy atom. The molecular formula is C11H10N2S2. The third kappa shape index (κ3) is 1.32. The van der Waals surface area contributed by atoms with Crippen molar-refractivity contribution in [2.75, 3.05) is 13.1 Å². The summed E-state index contributed by atoms with van der Waals surface area (Å²) in [6.07, 6.45) is 2.47. The first-order valence-corrected chi connectivity index (χ1v) is 6.83. The van der Waals surface area contributed by atoms with Crippen molar-refractivity contribution in [2.24, 2.45) is 0 Å². The van der Waals surface area contributed by atoms with Gasteiger partial charge in [0.15, 0.2) is 4.34 Å². The molecule has 0 bridgehead atoms. The lowest BCUT2D eigenvalue weighted by Gasteiger charge is -2.17. The maximum Gasteiger partial charge on any atom is 0.166 e. The fourth-order valence-electron chi connectivity index (χ4n) is 1.95. The van der Waals surface area contributed by atoms with Gasteiger partial charge in [-0.2, -0.15) is 0 Å². The first kappa shape index (κ1) is 8.56. The second-order valence-corrected chi connectivity index (χ2v) is 6.42. The fraction of sp³-hybridized carbons (Fsp3) is 0.364. The van der Waals surface area contributed by atoms with Gasteiger partial charge in [-0.15, -0.1) is 11.3 Å². The minimum absolute atomic E-state index is 1.21. The lowest BCUT2D eigenvalue weighted by atomic mass is 9.88. The highest BCUT2D eigenvalue weighted by atomic mass is 32.2. The number of hydrogen-bond donors (Lipinski definition) is 0. The molecule has 4 heteroatoms. The second-order valence-electron chi connectivity index (χ2n) is 4.05. The molecule has 0 atom stereocenters. The van der Waals surface area contributed by atoms with Crippen LogP contribution in [-0.4, -0.2) is 22.4 Å². The van der Waals surface area contributed by atoms with Crippen LogP contribution in [0.5, 0.6) is 0 Å². The van der Waals surface area contributed by atoms with E-state index in [1.54, 1.807) is 0 Å². The van der Waals surface area contributed by atoms with Crippen LogP contribution in [0.1, 0.15) is 11.1 Å². The zero-order valence-corrected chi connectivity index (χ0v) is 9.83. The lowest BCUT2D eigenvalue weighted by Crippen LogP contribution is -2.08. The molecule has 1 aliphatic carbocycles. The summed E-state index contributed by atoms with van der Waals surface area (Å²) in [5.41, 5.74) is 4.28. The first-order valence-electron chi connectivity index (χ1n) is 5.24. The zero-order chi connectivity index (χ0) is 9.83. The quantitative estimate of drug-likeness (QED) is 0.587. The van der Waals surface area contributed by atoms with Gasteiger partial charge in [0.1, 0.15) is 0 Å². The van der Waals surface area contributed by atoms with Gasteiger partial charge in [-0.05, 0) is 42.0 Å². The Morgan fingerprint density at radius 1 is 1.27 bits per heavy atom. The van der Waals surface area contributed by atoms with Crippen molar-refractivity contribution >= 4 is 33.5 Å². The molecule has 2 aromatic rings. The van der Waals surface area contributed by atoms with E-state index >= 15 is 0 Å². The van der Waals surface area contributed by atoms with Crippen molar-refractivity contribution in [3.05, 3.63) is 23.3 Å². The molecule has 4 rings (SSSR count). The van der Waals surface area contributed by atoms with Gasteiger partial charge in [-0.3, -0.25) is 0 Å². The predicted octanol–water partition coefficient (Wildman–Crippen LogP) is 2.72. The molecule has 1 fully saturated rings. The Bertz CT molecular complexity index is 543. The maximum atomic E-state index is 4.74. The molecule has 1 aliphatic heterocycles. The summed E-state index contributed by atoms with van der Waals surface area (Å²) in [5, 5.41) is 0. The van der Waals surface area contributed by atoms with E-state index in [-0.39, 0.29) is 0 Å². The summed E-state index contributed by atoms with van der Waals surface area (Å²) >= 11 is 3.65. The van der Waals surface area contributed by atoms with E-state index in [2.05, 4.69) is 16.4 Å². The van der Waals surface area contributed by atoms with Crippen molar-refractivity contribution in [2.45, 2.75) is 17.2 Å². The molecule has 2 aliphatic rings. The molecule has 2 nitrogen and oxygen atoms in total. The lowest BCUT2D eigenvalue weighted by molar-refractivity contribution is 0.847.